The Morgan fingerprint density at radius 3 is 2.48 bits per heavy atom. The smallest absolute Gasteiger partial charge is 0.312 e. The molecule has 0 unspecified atom stereocenters. The van der Waals surface area contributed by atoms with Crippen LogP contribution in [0, 0.1) is 5.92 Å². The van der Waals surface area contributed by atoms with Crippen molar-refractivity contribution in [3.05, 3.63) is 29.3 Å². The first-order valence-electron chi connectivity index (χ1n) is 9.47. The molecule has 7 nitrogen and oxygen atoms in total. The summed E-state index contributed by atoms with van der Waals surface area (Å²) in [7, 11) is 0. The highest BCUT2D eigenvalue weighted by Crippen LogP contribution is 2.15. The Bertz CT molecular complexity index is 618. The largest absolute Gasteiger partial charge is 0.488 e. The van der Waals surface area contributed by atoms with Crippen LogP contribution >= 0.6 is 11.6 Å². The highest BCUT2D eigenvalue weighted by atomic mass is 35.5. The molecule has 1 fully saturated rings. The summed E-state index contributed by atoms with van der Waals surface area (Å²) in [5.41, 5.74) is 5.24. The third kappa shape index (κ3) is 6.59. The minimum absolute atomic E-state index is 0.0420. The number of rotatable bonds is 8. The molecule has 1 aromatic carbocycles. The Morgan fingerprint density at radius 1 is 1.30 bits per heavy atom. The molecule has 0 spiro atoms. The maximum absolute atomic E-state index is 12.8. The molecular weight excluding hydrogens is 368 g/mol. The van der Waals surface area contributed by atoms with Gasteiger partial charge in [-0.2, -0.15) is 0 Å². The maximum atomic E-state index is 12.8. The van der Waals surface area contributed by atoms with Crippen LogP contribution in [0.1, 0.15) is 20.3 Å². The van der Waals surface area contributed by atoms with Gasteiger partial charge in [0.25, 0.3) is 0 Å². The van der Waals surface area contributed by atoms with Crippen LogP contribution in [0.15, 0.2) is 24.3 Å². The third-order valence-electron chi connectivity index (χ3n) is 5.10. The average molecular weight is 398 g/mol. The summed E-state index contributed by atoms with van der Waals surface area (Å²) in [4.78, 5) is 27.2. The Balaban J connectivity index is 1.77. The summed E-state index contributed by atoms with van der Waals surface area (Å²) in [6.45, 7) is 8.50. The molecule has 1 aliphatic rings. The predicted octanol–water partition coefficient (Wildman–Crippen LogP) is 0.529. The van der Waals surface area contributed by atoms with E-state index in [0.717, 1.165) is 31.8 Å². The molecule has 0 saturated carbocycles. The van der Waals surface area contributed by atoms with E-state index in [1.807, 2.05) is 43.0 Å². The number of primary amides is 1. The molecule has 8 heteroatoms. The topological polar surface area (TPSA) is 89.1 Å². The summed E-state index contributed by atoms with van der Waals surface area (Å²) >= 11 is 5.86. The minimum atomic E-state index is -0.655. The van der Waals surface area contributed by atoms with Crippen molar-refractivity contribution in [1.29, 1.82) is 0 Å². The number of quaternary nitrogens is 1. The Morgan fingerprint density at radius 2 is 1.93 bits per heavy atom. The first kappa shape index (κ1) is 21.3. The van der Waals surface area contributed by atoms with Crippen molar-refractivity contribution in [3.8, 4) is 5.75 Å². The zero-order valence-electron chi connectivity index (χ0n) is 16.0. The first-order chi connectivity index (χ1) is 12.9. The summed E-state index contributed by atoms with van der Waals surface area (Å²) in [5.74, 6) is 0.810. The van der Waals surface area contributed by atoms with Gasteiger partial charge in [0.05, 0.1) is 26.2 Å². The number of amides is 3. The van der Waals surface area contributed by atoms with Gasteiger partial charge in [-0.1, -0.05) is 31.9 Å². The number of benzene rings is 1. The fraction of sp³-hybridized carbons (Fsp3) is 0.579. The Labute approximate surface area is 165 Å². The van der Waals surface area contributed by atoms with Gasteiger partial charge in [-0.25, -0.2) is 4.79 Å². The van der Waals surface area contributed by atoms with Crippen LogP contribution < -0.4 is 20.7 Å². The monoisotopic (exact) mass is 397 g/mol. The van der Waals surface area contributed by atoms with Gasteiger partial charge in [-0.05, 0) is 30.2 Å². The molecule has 0 aromatic heterocycles. The number of nitrogens with one attached hydrogen (secondary N) is 2. The van der Waals surface area contributed by atoms with Crippen LogP contribution in [-0.4, -0.2) is 62.2 Å². The van der Waals surface area contributed by atoms with Crippen LogP contribution in [0.25, 0.3) is 0 Å². The van der Waals surface area contributed by atoms with Crippen molar-refractivity contribution in [2.45, 2.75) is 26.3 Å². The van der Waals surface area contributed by atoms with Crippen molar-refractivity contribution < 1.29 is 19.2 Å². The van der Waals surface area contributed by atoms with E-state index in [2.05, 4.69) is 5.32 Å². The lowest BCUT2D eigenvalue weighted by atomic mass is 9.97. The lowest BCUT2D eigenvalue weighted by molar-refractivity contribution is -0.904. The van der Waals surface area contributed by atoms with Gasteiger partial charge in [0.15, 0.2) is 0 Å². The van der Waals surface area contributed by atoms with Crippen LogP contribution in [0.4, 0.5) is 4.79 Å². The van der Waals surface area contributed by atoms with Gasteiger partial charge in [0, 0.05) is 5.02 Å². The van der Waals surface area contributed by atoms with E-state index in [1.54, 1.807) is 0 Å². The molecule has 1 heterocycles. The lowest BCUT2D eigenvalue weighted by Crippen LogP contribution is -3.15. The van der Waals surface area contributed by atoms with E-state index in [4.69, 9.17) is 22.1 Å². The molecule has 1 aliphatic heterocycles. The van der Waals surface area contributed by atoms with Crippen LogP contribution in [0.2, 0.25) is 5.02 Å². The SMILES string of the molecule is CC[C@H](C)[C@H](NC(N)=O)C(=O)N1CC[NH+](CCOc2ccc(Cl)cc2)CC1. The van der Waals surface area contributed by atoms with Crippen molar-refractivity contribution in [2.24, 2.45) is 11.7 Å². The number of piperazine rings is 1. The fourth-order valence-electron chi connectivity index (χ4n) is 3.17. The van der Waals surface area contributed by atoms with Gasteiger partial charge >= 0.3 is 6.03 Å². The number of hydrogen-bond acceptors (Lipinski definition) is 3. The van der Waals surface area contributed by atoms with Crippen molar-refractivity contribution in [3.63, 3.8) is 0 Å². The normalized spacial score (nSPS) is 17.2. The minimum Gasteiger partial charge on any atom is -0.488 e. The van der Waals surface area contributed by atoms with Crippen LogP contribution in [0.5, 0.6) is 5.75 Å². The number of halogens is 1. The number of nitrogens with two attached hydrogens (primary N) is 1. The summed E-state index contributed by atoms with van der Waals surface area (Å²) < 4.78 is 5.74. The van der Waals surface area contributed by atoms with Gasteiger partial charge < -0.3 is 25.6 Å². The fourth-order valence-corrected chi connectivity index (χ4v) is 3.30. The zero-order valence-corrected chi connectivity index (χ0v) is 16.8. The molecule has 1 saturated heterocycles. The summed E-state index contributed by atoms with van der Waals surface area (Å²) in [6, 6.07) is 6.12. The molecule has 27 heavy (non-hydrogen) atoms. The van der Waals surface area contributed by atoms with Crippen molar-refractivity contribution >= 4 is 23.5 Å². The standard InChI is InChI=1S/C19H29ClN4O3/c1-3-14(2)17(22-19(21)26)18(25)24-10-8-23(9-11-24)12-13-27-16-6-4-15(20)5-7-16/h4-7,14,17H,3,8-13H2,1-2H3,(H3,21,22,26)/p+1/t14-,17-/m0/s1. The molecule has 1 aromatic rings. The molecule has 0 aliphatic carbocycles. The van der Waals surface area contributed by atoms with Gasteiger partial charge in [0.1, 0.15) is 24.9 Å². The second kappa shape index (κ2) is 10.4. The van der Waals surface area contributed by atoms with Crippen molar-refractivity contribution in [2.75, 3.05) is 39.3 Å². The van der Waals surface area contributed by atoms with E-state index >= 15 is 0 Å². The summed E-state index contributed by atoms with van der Waals surface area (Å²) in [6.07, 6.45) is 0.796. The molecule has 150 valence electrons. The van der Waals surface area contributed by atoms with E-state index in [9.17, 15) is 9.59 Å². The molecular formula is C19H30ClN4O3+. The zero-order chi connectivity index (χ0) is 19.8. The van der Waals surface area contributed by atoms with E-state index in [1.165, 1.54) is 4.90 Å². The number of hydrogen-bond donors (Lipinski definition) is 3. The molecule has 3 amide bonds. The third-order valence-corrected chi connectivity index (χ3v) is 5.35. The van der Waals surface area contributed by atoms with Crippen LogP contribution in [-0.2, 0) is 4.79 Å². The highest BCUT2D eigenvalue weighted by Gasteiger charge is 2.32. The molecule has 0 radical (unpaired) electrons. The predicted molar refractivity (Wildman–Crippen MR) is 105 cm³/mol. The van der Waals surface area contributed by atoms with E-state index in [-0.39, 0.29) is 11.8 Å². The quantitative estimate of drug-likeness (QED) is 0.597. The van der Waals surface area contributed by atoms with Gasteiger partial charge in [0.2, 0.25) is 5.91 Å². The second-order valence-corrected chi connectivity index (χ2v) is 7.44. The van der Waals surface area contributed by atoms with E-state index in [0.29, 0.717) is 24.7 Å². The number of urea groups is 1. The molecule has 0 bridgehead atoms. The number of ether oxygens (including phenoxy) is 1. The maximum Gasteiger partial charge on any atom is 0.312 e. The van der Waals surface area contributed by atoms with Crippen molar-refractivity contribution in [1.82, 2.24) is 10.2 Å². The Hall–Kier alpha value is -1.99. The molecule has 2 atom stereocenters. The summed E-state index contributed by atoms with van der Waals surface area (Å²) in [5, 5.41) is 3.30. The Kier molecular flexibility index (Phi) is 8.19. The average Bonchev–Trinajstić information content (AvgIpc) is 2.67. The second-order valence-electron chi connectivity index (χ2n) is 7.00. The van der Waals surface area contributed by atoms with Crippen LogP contribution in [0.3, 0.4) is 0 Å². The van der Waals surface area contributed by atoms with Gasteiger partial charge in [-0.15, -0.1) is 0 Å². The number of carbonyl (C=O) groups excluding carboxylic acids is 2. The first-order valence-corrected chi connectivity index (χ1v) is 9.85. The van der Waals surface area contributed by atoms with E-state index < -0.39 is 12.1 Å². The number of nitrogens with zero attached hydrogens (tertiary/aromatic N) is 1. The molecule has 4 N–H and O–H groups in total. The lowest BCUT2D eigenvalue weighted by Gasteiger charge is -2.35. The number of carbonyl (C=O) groups is 2. The highest BCUT2D eigenvalue weighted by molar-refractivity contribution is 6.30. The van der Waals surface area contributed by atoms with Gasteiger partial charge in [-0.3, -0.25) is 4.79 Å². The molecule has 2 rings (SSSR count).